The van der Waals surface area contributed by atoms with E-state index in [2.05, 4.69) is 5.32 Å². The first-order chi connectivity index (χ1) is 8.49. The third kappa shape index (κ3) is 2.73. The highest BCUT2D eigenvalue weighted by Crippen LogP contribution is 2.35. The third-order valence-corrected chi connectivity index (χ3v) is 3.15. The van der Waals surface area contributed by atoms with E-state index in [4.69, 9.17) is 22.4 Å². The van der Waals surface area contributed by atoms with E-state index in [-0.39, 0.29) is 11.5 Å². The van der Waals surface area contributed by atoms with Crippen LogP contribution in [0.4, 0.5) is 5.69 Å². The molecule has 1 amide bonds. The van der Waals surface area contributed by atoms with Crippen molar-refractivity contribution < 1.29 is 14.7 Å². The van der Waals surface area contributed by atoms with Crippen LogP contribution in [0.3, 0.4) is 0 Å². The van der Waals surface area contributed by atoms with Crippen LogP contribution in [0.15, 0.2) is 18.2 Å². The van der Waals surface area contributed by atoms with Crippen molar-refractivity contribution in [3.05, 3.63) is 28.8 Å². The number of amides is 1. The highest BCUT2D eigenvalue weighted by Gasteiger charge is 2.36. The highest BCUT2D eigenvalue weighted by atomic mass is 35.5. The van der Waals surface area contributed by atoms with Crippen LogP contribution >= 0.6 is 11.6 Å². The van der Waals surface area contributed by atoms with Crippen LogP contribution in [0.1, 0.15) is 23.2 Å². The first kappa shape index (κ1) is 12.7. The van der Waals surface area contributed by atoms with Gasteiger partial charge in [-0.25, -0.2) is 4.79 Å². The first-order valence-corrected chi connectivity index (χ1v) is 5.95. The Bertz CT molecular complexity index is 500. The molecule has 1 atom stereocenters. The average molecular weight is 269 g/mol. The molecule has 4 N–H and O–H groups in total. The maximum atomic E-state index is 11.3. The van der Waals surface area contributed by atoms with Gasteiger partial charge in [0.05, 0.1) is 5.56 Å². The lowest BCUT2D eigenvalue weighted by atomic mass is 10.1. The smallest absolute Gasteiger partial charge is 0.326 e. The van der Waals surface area contributed by atoms with Crippen molar-refractivity contribution in [2.75, 3.05) is 5.32 Å². The molecule has 0 radical (unpaired) electrons. The number of aliphatic carboxylic acids is 1. The number of halogens is 1. The van der Waals surface area contributed by atoms with Gasteiger partial charge in [0.1, 0.15) is 6.04 Å². The quantitative estimate of drug-likeness (QED) is 0.758. The molecule has 1 aromatic carbocycles. The second-order valence-electron chi connectivity index (χ2n) is 4.35. The van der Waals surface area contributed by atoms with Crippen LogP contribution < -0.4 is 11.1 Å². The second kappa shape index (κ2) is 4.86. The Morgan fingerprint density at radius 3 is 2.61 bits per heavy atom. The number of anilines is 1. The molecule has 0 aliphatic heterocycles. The fraction of sp³-hybridized carbons (Fsp3) is 0.333. The first-order valence-electron chi connectivity index (χ1n) is 5.57. The predicted molar refractivity (Wildman–Crippen MR) is 67.7 cm³/mol. The van der Waals surface area contributed by atoms with E-state index in [1.165, 1.54) is 12.1 Å². The van der Waals surface area contributed by atoms with E-state index in [1.807, 2.05) is 0 Å². The van der Waals surface area contributed by atoms with Gasteiger partial charge >= 0.3 is 5.97 Å². The lowest BCUT2D eigenvalue weighted by Crippen LogP contribution is -2.32. The van der Waals surface area contributed by atoms with Crippen LogP contribution in [-0.2, 0) is 4.79 Å². The number of carbonyl (C=O) groups is 2. The number of primary amides is 1. The van der Waals surface area contributed by atoms with Crippen LogP contribution in [0, 0.1) is 5.92 Å². The molecule has 1 aliphatic rings. The summed E-state index contributed by atoms with van der Waals surface area (Å²) in [4.78, 5) is 22.4. The van der Waals surface area contributed by atoms with Crippen molar-refractivity contribution in [1.29, 1.82) is 0 Å². The van der Waals surface area contributed by atoms with E-state index in [1.54, 1.807) is 6.07 Å². The summed E-state index contributed by atoms with van der Waals surface area (Å²) < 4.78 is 0. The monoisotopic (exact) mass is 268 g/mol. The molecule has 96 valence electrons. The largest absolute Gasteiger partial charge is 0.480 e. The molecule has 2 rings (SSSR count). The summed E-state index contributed by atoms with van der Waals surface area (Å²) >= 11 is 5.84. The minimum atomic E-state index is -0.937. The van der Waals surface area contributed by atoms with Gasteiger partial charge in [0.2, 0.25) is 0 Å². The van der Waals surface area contributed by atoms with Crippen LogP contribution in [0.25, 0.3) is 0 Å². The number of rotatable bonds is 5. The summed E-state index contributed by atoms with van der Waals surface area (Å²) in [6.45, 7) is 0. The van der Waals surface area contributed by atoms with E-state index in [0.29, 0.717) is 10.7 Å². The topological polar surface area (TPSA) is 92.4 Å². The lowest BCUT2D eigenvalue weighted by Gasteiger charge is -2.17. The van der Waals surface area contributed by atoms with Crippen molar-refractivity contribution in [2.45, 2.75) is 18.9 Å². The maximum Gasteiger partial charge on any atom is 0.326 e. The molecule has 0 bridgehead atoms. The van der Waals surface area contributed by atoms with Gasteiger partial charge < -0.3 is 16.2 Å². The number of benzene rings is 1. The van der Waals surface area contributed by atoms with Gasteiger partial charge in [-0.2, -0.15) is 0 Å². The van der Waals surface area contributed by atoms with Crippen molar-refractivity contribution in [3.8, 4) is 0 Å². The molecule has 0 spiro atoms. The summed E-state index contributed by atoms with van der Waals surface area (Å²) in [6.07, 6.45) is 1.74. The molecule has 0 heterocycles. The summed E-state index contributed by atoms with van der Waals surface area (Å²) in [6, 6.07) is 3.83. The zero-order chi connectivity index (χ0) is 13.3. The zero-order valence-corrected chi connectivity index (χ0v) is 10.3. The van der Waals surface area contributed by atoms with Gasteiger partial charge in [-0.1, -0.05) is 11.6 Å². The number of hydrogen-bond acceptors (Lipinski definition) is 3. The van der Waals surface area contributed by atoms with Crippen molar-refractivity contribution in [2.24, 2.45) is 11.7 Å². The Labute approximate surface area is 109 Å². The lowest BCUT2D eigenvalue weighted by molar-refractivity contribution is -0.138. The summed E-state index contributed by atoms with van der Waals surface area (Å²) in [5.41, 5.74) is 5.85. The molecule has 1 unspecified atom stereocenters. The molecular formula is C12H13ClN2O3. The molecule has 1 fully saturated rings. The minimum absolute atomic E-state index is 0.0993. The third-order valence-electron chi connectivity index (χ3n) is 2.92. The number of nitrogens with one attached hydrogen (secondary N) is 1. The van der Waals surface area contributed by atoms with E-state index in [0.717, 1.165) is 12.8 Å². The van der Waals surface area contributed by atoms with E-state index in [9.17, 15) is 9.59 Å². The maximum absolute atomic E-state index is 11.3. The van der Waals surface area contributed by atoms with Crippen molar-refractivity contribution in [3.63, 3.8) is 0 Å². The van der Waals surface area contributed by atoms with Gasteiger partial charge in [0, 0.05) is 10.7 Å². The Balaban J connectivity index is 2.28. The Morgan fingerprint density at radius 2 is 2.11 bits per heavy atom. The molecule has 18 heavy (non-hydrogen) atoms. The Morgan fingerprint density at radius 1 is 1.44 bits per heavy atom. The Kier molecular flexibility index (Phi) is 3.43. The van der Waals surface area contributed by atoms with Gasteiger partial charge in [-0.3, -0.25) is 4.79 Å². The van der Waals surface area contributed by atoms with Crippen molar-refractivity contribution in [1.82, 2.24) is 0 Å². The molecule has 6 heteroatoms. The molecule has 0 aromatic heterocycles. The number of carboxylic acid groups (broad SMARTS) is 1. The van der Waals surface area contributed by atoms with Gasteiger partial charge in [0.15, 0.2) is 0 Å². The second-order valence-corrected chi connectivity index (χ2v) is 4.79. The van der Waals surface area contributed by atoms with E-state index >= 15 is 0 Å². The van der Waals surface area contributed by atoms with Crippen LogP contribution in [-0.4, -0.2) is 23.0 Å². The summed E-state index contributed by atoms with van der Waals surface area (Å²) in [5, 5.41) is 12.4. The highest BCUT2D eigenvalue weighted by molar-refractivity contribution is 6.31. The number of nitrogens with two attached hydrogens (primary N) is 1. The molecule has 0 saturated heterocycles. The van der Waals surface area contributed by atoms with Crippen molar-refractivity contribution >= 4 is 29.2 Å². The fourth-order valence-corrected chi connectivity index (χ4v) is 2.00. The minimum Gasteiger partial charge on any atom is -0.480 e. The number of carboxylic acids is 1. The van der Waals surface area contributed by atoms with E-state index < -0.39 is 17.9 Å². The average Bonchev–Trinajstić information content (AvgIpc) is 3.08. The predicted octanol–water partition coefficient (Wildman–Crippen LogP) is 1.71. The summed E-state index contributed by atoms with van der Waals surface area (Å²) in [5.74, 6) is -1.45. The summed E-state index contributed by atoms with van der Waals surface area (Å²) in [7, 11) is 0. The normalized spacial score (nSPS) is 16.1. The number of hydrogen-bond donors (Lipinski definition) is 3. The van der Waals surface area contributed by atoms with Gasteiger partial charge in [0.25, 0.3) is 5.91 Å². The van der Waals surface area contributed by atoms with Gasteiger partial charge in [-0.15, -0.1) is 0 Å². The van der Waals surface area contributed by atoms with Crippen LogP contribution in [0.5, 0.6) is 0 Å². The standard InChI is InChI=1S/C12H13ClN2O3/c13-7-3-4-8(11(14)16)9(5-7)15-10(12(17)18)6-1-2-6/h3-6,10,15H,1-2H2,(H2,14,16)(H,17,18). The Hall–Kier alpha value is -1.75. The molecule has 1 aromatic rings. The molecule has 1 saturated carbocycles. The zero-order valence-electron chi connectivity index (χ0n) is 9.52. The van der Waals surface area contributed by atoms with Gasteiger partial charge in [-0.05, 0) is 37.0 Å². The SMILES string of the molecule is NC(=O)c1ccc(Cl)cc1NC(C(=O)O)C1CC1. The molecule has 5 nitrogen and oxygen atoms in total. The number of carbonyl (C=O) groups excluding carboxylic acids is 1. The molecule has 1 aliphatic carbocycles. The van der Waals surface area contributed by atoms with Crippen LogP contribution in [0.2, 0.25) is 5.02 Å². The molecular weight excluding hydrogens is 256 g/mol. The fourth-order valence-electron chi connectivity index (χ4n) is 1.83.